The van der Waals surface area contributed by atoms with Crippen LogP contribution in [0.4, 0.5) is 0 Å². The van der Waals surface area contributed by atoms with Gasteiger partial charge in [-0.1, -0.05) is 20.8 Å². The number of hydrogen-bond donors (Lipinski definition) is 2. The molecule has 5 rings (SSSR count). The monoisotopic (exact) mass is 510 g/mol. The first-order valence-corrected chi connectivity index (χ1v) is 14.8. The summed E-state index contributed by atoms with van der Waals surface area (Å²) in [4.78, 5) is 0. The summed E-state index contributed by atoms with van der Waals surface area (Å²) in [5.41, 5.74) is 0.317. The summed E-state index contributed by atoms with van der Waals surface area (Å²) in [6.45, 7) is 7.23. The van der Waals surface area contributed by atoms with Gasteiger partial charge in [-0.2, -0.15) is 8.42 Å². The Bertz CT molecular complexity index is 990. The number of aromatic nitrogens is 4. The third-order valence-electron chi connectivity index (χ3n) is 11.2. The number of fused-ring (bicyclic) bond motifs is 5. The molecule has 0 saturated heterocycles. The lowest BCUT2D eigenvalue weighted by Crippen LogP contribution is -2.59. The Kier molecular flexibility index (Phi) is 6.81. The van der Waals surface area contributed by atoms with Crippen LogP contribution >= 0.6 is 0 Å². The predicted molar refractivity (Wildman–Crippen MR) is 129 cm³/mol. The topological polar surface area (TPSA) is 127 Å². The van der Waals surface area contributed by atoms with E-state index >= 15 is 0 Å². The van der Waals surface area contributed by atoms with Crippen molar-refractivity contribution in [2.75, 3.05) is 7.11 Å². The van der Waals surface area contributed by atoms with Crippen molar-refractivity contribution in [3.05, 3.63) is 5.82 Å². The van der Waals surface area contributed by atoms with Gasteiger partial charge >= 0.3 is 10.4 Å². The molecule has 1 aromatic heterocycles. The largest absolute Gasteiger partial charge is 0.397 e. The SMILES string of the molecule is CO[C@@H]1CC[C@@]2(C)[C@@H](C1)C[C@@H](OS(=O)(=O)O)[C@@H]1[C@@H]2CC[C@]2(C)[C@@H]([C@H](C)CCc3nnn[nH]3)CC[C@@H]12. The Balaban J connectivity index is 1.40. The molecule has 0 unspecified atom stereocenters. The number of hydrogen-bond acceptors (Lipinski definition) is 7. The summed E-state index contributed by atoms with van der Waals surface area (Å²) < 4.78 is 44.9. The fourth-order valence-electron chi connectivity index (χ4n) is 9.45. The third-order valence-corrected chi connectivity index (χ3v) is 11.7. The van der Waals surface area contributed by atoms with Gasteiger partial charge in [-0.05, 0) is 115 Å². The third kappa shape index (κ3) is 4.57. The molecule has 4 fully saturated rings. The molecule has 10 atom stereocenters. The van der Waals surface area contributed by atoms with E-state index in [1.54, 1.807) is 7.11 Å². The molecule has 0 aliphatic heterocycles. The molecule has 0 radical (unpaired) electrons. The molecular weight excluding hydrogens is 468 g/mol. The average molecular weight is 511 g/mol. The van der Waals surface area contributed by atoms with Gasteiger partial charge < -0.3 is 4.74 Å². The maximum atomic E-state index is 12.0. The van der Waals surface area contributed by atoms with Crippen LogP contribution in [0.1, 0.15) is 84.4 Å². The smallest absolute Gasteiger partial charge is 0.381 e. The van der Waals surface area contributed by atoms with Gasteiger partial charge in [0.25, 0.3) is 0 Å². The number of tetrazole rings is 1. The first kappa shape index (κ1) is 25.5. The number of aromatic amines is 1. The van der Waals surface area contributed by atoms with Crippen LogP contribution in [0.15, 0.2) is 0 Å². The van der Waals surface area contributed by atoms with Crippen molar-refractivity contribution in [1.82, 2.24) is 20.6 Å². The van der Waals surface area contributed by atoms with E-state index in [9.17, 15) is 13.0 Å². The Hall–Kier alpha value is -1.10. The Morgan fingerprint density at radius 1 is 1.11 bits per heavy atom. The quantitative estimate of drug-likeness (QED) is 0.522. The van der Waals surface area contributed by atoms with Crippen molar-refractivity contribution >= 4 is 10.4 Å². The van der Waals surface area contributed by atoms with E-state index in [1.165, 1.54) is 6.42 Å². The van der Waals surface area contributed by atoms with Gasteiger partial charge in [0, 0.05) is 13.5 Å². The molecule has 0 amide bonds. The van der Waals surface area contributed by atoms with Crippen molar-refractivity contribution < 1.29 is 21.9 Å². The van der Waals surface area contributed by atoms with Gasteiger partial charge in [-0.25, -0.2) is 9.28 Å². The number of nitrogens with zero attached hydrogens (tertiary/aromatic N) is 3. The van der Waals surface area contributed by atoms with E-state index in [2.05, 4.69) is 41.4 Å². The normalized spacial score (nSPS) is 44.3. The van der Waals surface area contributed by atoms with Crippen LogP contribution < -0.4 is 0 Å². The zero-order chi connectivity index (χ0) is 25.0. The molecule has 1 heterocycles. The number of aryl methyl sites for hydroxylation is 1. The summed E-state index contributed by atoms with van der Waals surface area (Å²) in [6.07, 6.45) is 9.97. The highest BCUT2D eigenvalue weighted by atomic mass is 32.3. The molecule has 10 heteroatoms. The Labute approximate surface area is 209 Å². The van der Waals surface area contributed by atoms with E-state index in [-0.39, 0.29) is 22.9 Å². The number of H-pyrrole nitrogens is 1. The van der Waals surface area contributed by atoms with Crippen LogP contribution in [-0.2, 0) is 25.7 Å². The molecular formula is C25H42N4O5S. The fourth-order valence-corrected chi connectivity index (χ4v) is 9.97. The van der Waals surface area contributed by atoms with Crippen LogP contribution in [-0.4, -0.2) is 52.9 Å². The lowest BCUT2D eigenvalue weighted by atomic mass is 9.43. The highest BCUT2D eigenvalue weighted by Gasteiger charge is 2.63. The van der Waals surface area contributed by atoms with Gasteiger partial charge in [0.05, 0.1) is 12.2 Å². The maximum Gasteiger partial charge on any atom is 0.397 e. The molecule has 0 aromatic carbocycles. The minimum Gasteiger partial charge on any atom is -0.381 e. The van der Waals surface area contributed by atoms with E-state index in [0.29, 0.717) is 36.0 Å². The second-order valence-corrected chi connectivity index (χ2v) is 13.6. The lowest BCUT2D eigenvalue weighted by molar-refractivity contribution is -0.170. The van der Waals surface area contributed by atoms with E-state index in [4.69, 9.17) is 8.92 Å². The molecule has 9 nitrogen and oxygen atoms in total. The minimum atomic E-state index is -4.52. The first-order valence-electron chi connectivity index (χ1n) is 13.5. The molecule has 1 aromatic rings. The number of nitrogens with one attached hydrogen (secondary N) is 1. The van der Waals surface area contributed by atoms with Gasteiger partial charge in [-0.15, -0.1) is 5.10 Å². The van der Waals surface area contributed by atoms with Crippen molar-refractivity contribution in [3.63, 3.8) is 0 Å². The second kappa shape index (κ2) is 9.33. The fraction of sp³-hybridized carbons (Fsp3) is 0.960. The Morgan fingerprint density at radius 2 is 1.86 bits per heavy atom. The molecule has 4 aliphatic rings. The molecule has 35 heavy (non-hydrogen) atoms. The van der Waals surface area contributed by atoms with Crippen molar-refractivity contribution in [2.24, 2.45) is 46.3 Å². The predicted octanol–water partition coefficient (Wildman–Crippen LogP) is 4.24. The second-order valence-electron chi connectivity index (χ2n) is 12.5. The minimum absolute atomic E-state index is 0.147. The Morgan fingerprint density at radius 3 is 2.54 bits per heavy atom. The standard InChI is InChI=1S/C25H42N4O5S/c1-15(5-8-22-26-28-29-27-22)18-6-7-19-23-20(10-12-25(18,19)3)24(2)11-9-17(33-4)13-16(24)14-21(23)34-35(30,31)32/h15-21,23H,5-14H2,1-4H3,(H,30,31,32)(H,26,27,28,29)/t15-,16+,17-,18-,19+,20+,21-,23+,24+,25-/m1/s1. The summed E-state index contributed by atoms with van der Waals surface area (Å²) in [7, 11) is -2.74. The van der Waals surface area contributed by atoms with Crippen LogP contribution in [0.5, 0.6) is 0 Å². The summed E-state index contributed by atoms with van der Waals surface area (Å²) in [5, 5.41) is 14.3. The summed E-state index contributed by atoms with van der Waals surface area (Å²) in [5.74, 6) is 3.27. The van der Waals surface area contributed by atoms with Crippen molar-refractivity contribution in [3.8, 4) is 0 Å². The van der Waals surface area contributed by atoms with Gasteiger partial charge in [0.1, 0.15) is 5.82 Å². The van der Waals surface area contributed by atoms with Crippen LogP contribution in [0.25, 0.3) is 0 Å². The van der Waals surface area contributed by atoms with Crippen LogP contribution in [0, 0.1) is 46.3 Å². The summed E-state index contributed by atoms with van der Waals surface area (Å²) >= 11 is 0. The highest BCUT2D eigenvalue weighted by Crippen LogP contribution is 2.68. The van der Waals surface area contributed by atoms with Crippen molar-refractivity contribution in [2.45, 2.75) is 97.2 Å². The molecule has 4 aliphatic carbocycles. The number of ether oxygens (including phenoxy) is 1. The maximum absolute atomic E-state index is 12.0. The lowest BCUT2D eigenvalue weighted by Gasteiger charge is -2.62. The van der Waals surface area contributed by atoms with E-state index < -0.39 is 16.5 Å². The number of methoxy groups -OCH3 is 1. The first-order chi connectivity index (χ1) is 16.5. The van der Waals surface area contributed by atoms with Gasteiger partial charge in [0.15, 0.2) is 0 Å². The summed E-state index contributed by atoms with van der Waals surface area (Å²) in [6, 6.07) is 0. The average Bonchev–Trinajstić information content (AvgIpc) is 3.44. The molecule has 0 spiro atoms. The van der Waals surface area contributed by atoms with Gasteiger partial charge in [0.2, 0.25) is 0 Å². The van der Waals surface area contributed by atoms with Crippen molar-refractivity contribution in [1.29, 1.82) is 0 Å². The zero-order valence-electron chi connectivity index (χ0n) is 21.5. The van der Waals surface area contributed by atoms with Crippen LogP contribution in [0.3, 0.4) is 0 Å². The van der Waals surface area contributed by atoms with Crippen LogP contribution in [0.2, 0.25) is 0 Å². The van der Waals surface area contributed by atoms with E-state index in [0.717, 1.165) is 57.2 Å². The molecule has 198 valence electrons. The molecule has 0 bridgehead atoms. The van der Waals surface area contributed by atoms with E-state index in [1.807, 2.05) is 0 Å². The zero-order valence-corrected chi connectivity index (χ0v) is 22.3. The molecule has 4 saturated carbocycles. The van der Waals surface area contributed by atoms with Gasteiger partial charge in [-0.3, -0.25) is 4.55 Å². The number of rotatable bonds is 7. The molecule has 2 N–H and O–H groups in total. The highest BCUT2D eigenvalue weighted by molar-refractivity contribution is 7.80.